The van der Waals surface area contributed by atoms with Crippen molar-refractivity contribution in [1.29, 1.82) is 0 Å². The first-order valence-electron chi connectivity index (χ1n) is 18.6. The molecule has 8 rings (SSSR count). The van der Waals surface area contributed by atoms with Crippen LogP contribution in [0.15, 0.2) is 0 Å². The molecule has 5 aliphatic carbocycles. The molecule has 44 heavy (non-hydrogen) atoms. The van der Waals surface area contributed by atoms with Crippen molar-refractivity contribution < 1.29 is 24.1 Å². The van der Waals surface area contributed by atoms with Gasteiger partial charge in [-0.3, -0.25) is 4.90 Å². The summed E-state index contributed by atoms with van der Waals surface area (Å²) in [5.74, 6) is 3.04. The van der Waals surface area contributed by atoms with Gasteiger partial charge in [0.1, 0.15) is 6.10 Å². The van der Waals surface area contributed by atoms with Crippen LogP contribution in [0, 0.1) is 45.3 Å². The second-order valence-corrected chi connectivity index (χ2v) is 18.1. The minimum absolute atomic E-state index is 0.00129. The van der Waals surface area contributed by atoms with E-state index in [4.69, 9.17) is 18.9 Å². The van der Waals surface area contributed by atoms with E-state index in [1.54, 1.807) is 0 Å². The standard InChI is InChI=1S/C37H62N2O5/c1-7-41-32(34(4,5)40)27-10-8-25-28(43-27)18-26-24-9-11-29-33(2,3)30(44-31-21-39(16-17-42-31)23-19-38-20-23)12-13-37(29)22-36(24,37)15-14-35(25,26)6/h23-32,38,40H,7-22H2,1-6H3/t24?,25?,26?,27?,28?,29?,30?,31?,32?,35?,36?,37-/m1/s1. The average Bonchev–Trinajstić information content (AvgIpc) is 3.52. The number of fused-ring (bicyclic) bond motifs is 4. The lowest BCUT2D eigenvalue weighted by atomic mass is 9.46. The van der Waals surface area contributed by atoms with Crippen LogP contribution in [-0.2, 0) is 18.9 Å². The first-order chi connectivity index (χ1) is 20.9. The Morgan fingerprint density at radius 2 is 1.77 bits per heavy atom. The molecule has 0 aromatic heterocycles. The summed E-state index contributed by atoms with van der Waals surface area (Å²) >= 11 is 0. The SMILES string of the molecule is CCOC(C1CCC2C(CC3C4CCC5C(C)(C)C(OC6CN(C7CNC7)CCO6)CC[C@@]56CC46CCC23C)O1)C(C)(C)O. The van der Waals surface area contributed by atoms with Gasteiger partial charge in [0.2, 0.25) is 0 Å². The maximum absolute atomic E-state index is 10.9. The van der Waals surface area contributed by atoms with Crippen molar-refractivity contribution in [2.24, 2.45) is 45.3 Å². The van der Waals surface area contributed by atoms with Crippen LogP contribution in [0.1, 0.15) is 106 Å². The molecule has 250 valence electrons. The van der Waals surface area contributed by atoms with Crippen LogP contribution in [0.3, 0.4) is 0 Å². The molecular weight excluding hydrogens is 552 g/mol. The maximum Gasteiger partial charge on any atom is 0.170 e. The molecule has 0 bridgehead atoms. The fraction of sp³-hybridized carbons (Fsp3) is 1.00. The van der Waals surface area contributed by atoms with E-state index in [-0.39, 0.29) is 23.9 Å². The number of nitrogens with one attached hydrogen (secondary N) is 1. The van der Waals surface area contributed by atoms with Gasteiger partial charge in [-0.1, -0.05) is 20.8 Å². The molecule has 0 aromatic rings. The monoisotopic (exact) mass is 614 g/mol. The highest BCUT2D eigenvalue weighted by Gasteiger charge is 2.80. The van der Waals surface area contributed by atoms with Crippen molar-refractivity contribution in [1.82, 2.24) is 10.2 Å². The van der Waals surface area contributed by atoms with Gasteiger partial charge in [0.15, 0.2) is 6.29 Å². The van der Waals surface area contributed by atoms with Crippen LogP contribution in [0.5, 0.6) is 0 Å². The predicted octanol–water partition coefficient (Wildman–Crippen LogP) is 5.38. The zero-order valence-electron chi connectivity index (χ0n) is 28.6. The van der Waals surface area contributed by atoms with E-state index in [1.165, 1.54) is 57.8 Å². The van der Waals surface area contributed by atoms with Crippen LogP contribution in [0.2, 0.25) is 0 Å². The van der Waals surface area contributed by atoms with E-state index in [1.807, 2.05) is 20.8 Å². The first-order valence-corrected chi connectivity index (χ1v) is 18.6. The Kier molecular flexibility index (Phi) is 7.48. The van der Waals surface area contributed by atoms with Crippen LogP contribution in [0.25, 0.3) is 0 Å². The highest BCUT2D eigenvalue weighted by molar-refractivity contribution is 5.29. The fourth-order valence-electron chi connectivity index (χ4n) is 13.4. The number of hydrogen-bond donors (Lipinski definition) is 2. The molecule has 2 spiro atoms. The van der Waals surface area contributed by atoms with Crippen molar-refractivity contribution in [3.05, 3.63) is 0 Å². The molecule has 11 unspecified atom stereocenters. The molecule has 8 aliphatic rings. The van der Waals surface area contributed by atoms with Gasteiger partial charge in [-0.05, 0) is 130 Å². The van der Waals surface area contributed by atoms with Gasteiger partial charge in [0.25, 0.3) is 0 Å². The Morgan fingerprint density at radius 1 is 0.977 bits per heavy atom. The van der Waals surface area contributed by atoms with Gasteiger partial charge in [-0.2, -0.15) is 0 Å². The second kappa shape index (κ2) is 10.6. The Hall–Kier alpha value is -0.280. The Balaban J connectivity index is 0.967. The summed E-state index contributed by atoms with van der Waals surface area (Å²) < 4.78 is 26.2. The van der Waals surface area contributed by atoms with Crippen LogP contribution in [0.4, 0.5) is 0 Å². The van der Waals surface area contributed by atoms with Crippen molar-refractivity contribution in [3.63, 3.8) is 0 Å². The van der Waals surface area contributed by atoms with E-state index >= 15 is 0 Å². The fourth-order valence-corrected chi connectivity index (χ4v) is 13.4. The van der Waals surface area contributed by atoms with Crippen LogP contribution in [-0.4, -0.2) is 91.7 Å². The number of nitrogens with zero attached hydrogens (tertiary/aromatic N) is 1. The zero-order chi connectivity index (χ0) is 30.7. The second-order valence-electron chi connectivity index (χ2n) is 18.1. The summed E-state index contributed by atoms with van der Waals surface area (Å²) in [7, 11) is 0. The van der Waals surface area contributed by atoms with E-state index < -0.39 is 5.60 Å². The van der Waals surface area contributed by atoms with Crippen LogP contribution >= 0.6 is 0 Å². The largest absolute Gasteiger partial charge is 0.388 e. The lowest BCUT2D eigenvalue weighted by Crippen LogP contribution is -2.62. The molecule has 3 aliphatic heterocycles. The molecule has 8 fully saturated rings. The van der Waals surface area contributed by atoms with E-state index in [0.717, 1.165) is 57.0 Å². The minimum Gasteiger partial charge on any atom is -0.388 e. The van der Waals surface area contributed by atoms with Gasteiger partial charge in [-0.15, -0.1) is 0 Å². The predicted molar refractivity (Wildman–Crippen MR) is 170 cm³/mol. The smallest absolute Gasteiger partial charge is 0.170 e. The Morgan fingerprint density at radius 3 is 2.50 bits per heavy atom. The molecule has 12 atom stereocenters. The van der Waals surface area contributed by atoms with Crippen LogP contribution < -0.4 is 5.32 Å². The molecule has 7 heteroatoms. The third-order valence-electron chi connectivity index (χ3n) is 15.6. The number of rotatable bonds is 7. The first kappa shape index (κ1) is 31.0. The third kappa shape index (κ3) is 4.45. The molecule has 0 radical (unpaired) electrons. The molecule has 3 heterocycles. The molecule has 0 amide bonds. The van der Waals surface area contributed by atoms with Crippen molar-refractivity contribution >= 4 is 0 Å². The zero-order valence-corrected chi connectivity index (χ0v) is 28.6. The summed E-state index contributed by atoms with van der Waals surface area (Å²) in [6.07, 6.45) is 13.3. The van der Waals surface area contributed by atoms with E-state index in [2.05, 4.69) is 31.0 Å². The molecule has 5 saturated carbocycles. The number of morpholine rings is 1. The van der Waals surface area contributed by atoms with Crippen molar-refractivity contribution in [2.45, 2.75) is 148 Å². The van der Waals surface area contributed by atoms with Gasteiger partial charge >= 0.3 is 0 Å². The quantitative estimate of drug-likeness (QED) is 0.399. The lowest BCUT2D eigenvalue weighted by molar-refractivity contribution is -0.248. The van der Waals surface area contributed by atoms with E-state index in [0.29, 0.717) is 47.0 Å². The minimum atomic E-state index is -0.891. The van der Waals surface area contributed by atoms with Gasteiger partial charge in [0.05, 0.1) is 30.5 Å². The summed E-state index contributed by atoms with van der Waals surface area (Å²) in [4.78, 5) is 2.59. The van der Waals surface area contributed by atoms with Gasteiger partial charge in [0, 0.05) is 38.8 Å². The normalized spacial score (nSPS) is 50.8. The highest BCUT2D eigenvalue weighted by atomic mass is 16.7. The Labute approximate surface area is 266 Å². The molecule has 0 aromatic carbocycles. The third-order valence-corrected chi connectivity index (χ3v) is 15.6. The molecule has 2 N–H and O–H groups in total. The Bertz CT molecular complexity index is 1090. The average molecular weight is 615 g/mol. The van der Waals surface area contributed by atoms with E-state index in [9.17, 15) is 5.11 Å². The summed E-state index contributed by atoms with van der Waals surface area (Å²) in [6, 6.07) is 0.662. The number of hydrogen-bond acceptors (Lipinski definition) is 7. The molecular formula is C37H62N2O5. The summed E-state index contributed by atoms with van der Waals surface area (Å²) in [5, 5.41) is 14.4. The summed E-state index contributed by atoms with van der Waals surface area (Å²) in [5.41, 5.74) is 0.759. The number of aliphatic hydroxyl groups is 1. The highest BCUT2D eigenvalue weighted by Crippen LogP contribution is 2.87. The van der Waals surface area contributed by atoms with Gasteiger partial charge < -0.3 is 29.4 Å². The number of ether oxygens (including phenoxy) is 4. The van der Waals surface area contributed by atoms with Crippen molar-refractivity contribution in [2.75, 3.05) is 39.4 Å². The maximum atomic E-state index is 10.9. The summed E-state index contributed by atoms with van der Waals surface area (Å²) in [6.45, 7) is 19.1. The molecule has 3 saturated heterocycles. The topological polar surface area (TPSA) is 72.4 Å². The van der Waals surface area contributed by atoms with Gasteiger partial charge in [-0.25, -0.2) is 0 Å². The lowest BCUT2D eigenvalue weighted by Gasteiger charge is -2.60. The molecule has 7 nitrogen and oxygen atoms in total. The van der Waals surface area contributed by atoms with Crippen molar-refractivity contribution in [3.8, 4) is 0 Å².